The second-order valence-electron chi connectivity index (χ2n) is 4.83. The fraction of sp³-hybridized carbons (Fsp3) is 0.538. The Hall–Kier alpha value is -0.580. The molecule has 100 valence electrons. The molecule has 1 aliphatic rings. The lowest BCUT2D eigenvalue weighted by atomic mass is 10.1. The molecule has 0 amide bonds. The lowest BCUT2D eigenvalue weighted by Crippen LogP contribution is -2.33. The number of nitrogens with zero attached hydrogens (tertiary/aromatic N) is 1. The van der Waals surface area contributed by atoms with Crippen molar-refractivity contribution < 1.29 is 8.42 Å². The third kappa shape index (κ3) is 2.42. The van der Waals surface area contributed by atoms with Crippen LogP contribution in [0.25, 0.3) is 0 Å². The molecule has 1 aromatic rings. The summed E-state index contributed by atoms with van der Waals surface area (Å²) >= 11 is 5.83. The Labute approximate surface area is 114 Å². The maximum atomic E-state index is 12.5. The van der Waals surface area contributed by atoms with Gasteiger partial charge in [0.15, 0.2) is 0 Å². The van der Waals surface area contributed by atoms with Crippen LogP contribution in [0.2, 0.25) is 0 Å². The molecule has 1 unspecified atom stereocenters. The van der Waals surface area contributed by atoms with Crippen molar-refractivity contribution in [2.45, 2.75) is 43.5 Å². The summed E-state index contributed by atoms with van der Waals surface area (Å²) in [7, 11) is -3.36. The molecular weight excluding hydrogens is 270 g/mol. The molecule has 18 heavy (non-hydrogen) atoms. The normalized spacial score (nSPS) is 21.4. The van der Waals surface area contributed by atoms with Crippen molar-refractivity contribution >= 4 is 21.6 Å². The van der Waals surface area contributed by atoms with E-state index in [9.17, 15) is 8.42 Å². The zero-order valence-electron chi connectivity index (χ0n) is 10.7. The van der Waals surface area contributed by atoms with E-state index in [4.69, 9.17) is 11.6 Å². The number of hydrogen-bond acceptors (Lipinski definition) is 2. The Bertz CT molecular complexity index is 542. The Kier molecular flexibility index (Phi) is 3.99. The van der Waals surface area contributed by atoms with Crippen LogP contribution < -0.4 is 0 Å². The number of halogens is 1. The lowest BCUT2D eigenvalue weighted by molar-refractivity contribution is 0.408. The van der Waals surface area contributed by atoms with Crippen molar-refractivity contribution in [2.24, 2.45) is 0 Å². The van der Waals surface area contributed by atoms with Gasteiger partial charge in [-0.15, -0.1) is 11.6 Å². The van der Waals surface area contributed by atoms with Crippen LogP contribution in [-0.2, 0) is 15.9 Å². The Balaban J connectivity index is 2.41. The van der Waals surface area contributed by atoms with Crippen molar-refractivity contribution in [3.63, 3.8) is 0 Å². The van der Waals surface area contributed by atoms with Crippen LogP contribution in [0.15, 0.2) is 23.1 Å². The van der Waals surface area contributed by atoms with Crippen LogP contribution in [0.1, 0.15) is 30.9 Å². The minimum atomic E-state index is -3.36. The van der Waals surface area contributed by atoms with Gasteiger partial charge in [0.2, 0.25) is 10.0 Å². The SMILES string of the molecule is Cc1ccc(S(=O)(=O)N2CCCC2C)cc1CCl. The first kappa shape index (κ1) is 13.8. The third-order valence-corrected chi connectivity index (χ3v) is 5.86. The van der Waals surface area contributed by atoms with Crippen molar-refractivity contribution in [3.05, 3.63) is 29.3 Å². The largest absolute Gasteiger partial charge is 0.243 e. The number of rotatable bonds is 3. The van der Waals surface area contributed by atoms with E-state index < -0.39 is 10.0 Å². The molecule has 1 aromatic carbocycles. The van der Waals surface area contributed by atoms with Gasteiger partial charge in [-0.2, -0.15) is 4.31 Å². The van der Waals surface area contributed by atoms with E-state index >= 15 is 0 Å². The van der Waals surface area contributed by atoms with E-state index in [0.717, 1.165) is 24.0 Å². The molecule has 1 fully saturated rings. The summed E-state index contributed by atoms with van der Waals surface area (Å²) in [5.74, 6) is 0.338. The number of hydrogen-bond donors (Lipinski definition) is 0. The minimum Gasteiger partial charge on any atom is -0.207 e. The molecule has 2 rings (SSSR count). The van der Waals surface area contributed by atoms with Gasteiger partial charge in [-0.05, 0) is 49.9 Å². The highest BCUT2D eigenvalue weighted by Crippen LogP contribution is 2.27. The first-order valence-electron chi connectivity index (χ1n) is 6.14. The highest BCUT2D eigenvalue weighted by atomic mass is 35.5. The van der Waals surface area contributed by atoms with Gasteiger partial charge in [-0.25, -0.2) is 8.42 Å². The lowest BCUT2D eigenvalue weighted by Gasteiger charge is -2.21. The fourth-order valence-corrected chi connectivity index (χ4v) is 4.39. The molecule has 1 atom stereocenters. The van der Waals surface area contributed by atoms with Gasteiger partial charge in [0.25, 0.3) is 0 Å². The molecule has 0 radical (unpaired) electrons. The van der Waals surface area contributed by atoms with Crippen LogP contribution in [0.3, 0.4) is 0 Å². The van der Waals surface area contributed by atoms with Crippen LogP contribution in [0.5, 0.6) is 0 Å². The molecule has 5 heteroatoms. The quantitative estimate of drug-likeness (QED) is 0.802. The predicted molar refractivity (Wildman–Crippen MR) is 73.3 cm³/mol. The van der Waals surface area contributed by atoms with Gasteiger partial charge >= 0.3 is 0 Å². The zero-order chi connectivity index (χ0) is 13.3. The van der Waals surface area contributed by atoms with E-state index in [2.05, 4.69) is 0 Å². The predicted octanol–water partition coefficient (Wildman–Crippen LogP) is 2.91. The summed E-state index contributed by atoms with van der Waals surface area (Å²) in [5, 5.41) is 0. The molecule has 0 saturated carbocycles. The second-order valence-corrected chi connectivity index (χ2v) is 6.99. The molecule has 0 spiro atoms. The van der Waals surface area contributed by atoms with Gasteiger partial charge in [0.1, 0.15) is 0 Å². The first-order valence-corrected chi connectivity index (χ1v) is 8.11. The monoisotopic (exact) mass is 287 g/mol. The molecule has 1 heterocycles. The smallest absolute Gasteiger partial charge is 0.207 e. The topological polar surface area (TPSA) is 37.4 Å². The molecule has 0 aliphatic carbocycles. The number of sulfonamides is 1. The van der Waals surface area contributed by atoms with Gasteiger partial charge in [-0.1, -0.05) is 6.07 Å². The van der Waals surface area contributed by atoms with E-state index in [1.165, 1.54) is 0 Å². The molecule has 0 bridgehead atoms. The summed E-state index contributed by atoms with van der Waals surface area (Å²) in [6.07, 6.45) is 1.88. The summed E-state index contributed by atoms with van der Waals surface area (Å²) in [5.41, 5.74) is 1.91. The maximum Gasteiger partial charge on any atom is 0.243 e. The van der Waals surface area contributed by atoms with Crippen LogP contribution >= 0.6 is 11.6 Å². The summed E-state index contributed by atoms with van der Waals surface area (Å²) < 4.78 is 26.6. The van der Waals surface area contributed by atoms with Gasteiger partial charge in [0.05, 0.1) is 4.90 Å². The zero-order valence-corrected chi connectivity index (χ0v) is 12.3. The molecule has 3 nitrogen and oxygen atoms in total. The van der Waals surface area contributed by atoms with Crippen LogP contribution in [-0.4, -0.2) is 25.3 Å². The summed E-state index contributed by atoms with van der Waals surface area (Å²) in [4.78, 5) is 0.359. The summed E-state index contributed by atoms with van der Waals surface area (Å²) in [6.45, 7) is 4.52. The standard InChI is InChI=1S/C13H18ClNO2S/c1-10-5-6-13(8-12(10)9-14)18(16,17)15-7-3-4-11(15)2/h5-6,8,11H,3-4,7,9H2,1-2H3. The van der Waals surface area contributed by atoms with Gasteiger partial charge in [-0.3, -0.25) is 0 Å². The summed E-state index contributed by atoms with van der Waals surface area (Å²) in [6, 6.07) is 5.29. The van der Waals surface area contributed by atoms with Crippen molar-refractivity contribution in [1.82, 2.24) is 4.31 Å². The Morgan fingerprint density at radius 1 is 1.44 bits per heavy atom. The number of benzene rings is 1. The molecular formula is C13H18ClNO2S. The maximum absolute atomic E-state index is 12.5. The number of aryl methyl sites for hydroxylation is 1. The van der Waals surface area contributed by atoms with Crippen molar-refractivity contribution in [3.8, 4) is 0 Å². The third-order valence-electron chi connectivity index (χ3n) is 3.56. The van der Waals surface area contributed by atoms with Gasteiger partial charge in [0, 0.05) is 18.5 Å². The minimum absolute atomic E-state index is 0.0933. The van der Waals surface area contributed by atoms with E-state index in [1.54, 1.807) is 16.4 Å². The molecule has 0 aromatic heterocycles. The van der Waals surface area contributed by atoms with Crippen molar-refractivity contribution in [2.75, 3.05) is 6.54 Å². The average Bonchev–Trinajstić information content (AvgIpc) is 2.76. The van der Waals surface area contributed by atoms with E-state index in [1.807, 2.05) is 19.9 Å². The second kappa shape index (κ2) is 5.19. The highest BCUT2D eigenvalue weighted by molar-refractivity contribution is 7.89. The molecule has 0 N–H and O–H groups in total. The molecule has 1 aliphatic heterocycles. The van der Waals surface area contributed by atoms with Crippen LogP contribution in [0, 0.1) is 6.92 Å². The first-order chi connectivity index (χ1) is 8.46. The van der Waals surface area contributed by atoms with E-state index in [-0.39, 0.29) is 6.04 Å². The fourth-order valence-electron chi connectivity index (χ4n) is 2.35. The number of alkyl halides is 1. The average molecular weight is 288 g/mol. The van der Waals surface area contributed by atoms with E-state index in [0.29, 0.717) is 17.3 Å². The molecule has 1 saturated heterocycles. The Morgan fingerprint density at radius 3 is 2.72 bits per heavy atom. The highest BCUT2D eigenvalue weighted by Gasteiger charge is 2.32. The van der Waals surface area contributed by atoms with Crippen LogP contribution in [0.4, 0.5) is 0 Å². The van der Waals surface area contributed by atoms with Gasteiger partial charge < -0.3 is 0 Å². The Morgan fingerprint density at radius 2 is 2.17 bits per heavy atom. The van der Waals surface area contributed by atoms with Crippen molar-refractivity contribution in [1.29, 1.82) is 0 Å².